The van der Waals surface area contributed by atoms with Gasteiger partial charge in [-0.1, -0.05) is 20.8 Å². The fraction of sp³-hybridized carbons (Fsp3) is 1.00. The summed E-state index contributed by atoms with van der Waals surface area (Å²) < 4.78 is 10.5. The van der Waals surface area contributed by atoms with Crippen molar-refractivity contribution in [1.29, 1.82) is 0 Å². The Morgan fingerprint density at radius 1 is 1.11 bits per heavy atom. The van der Waals surface area contributed by atoms with Crippen LogP contribution >= 0.6 is 0 Å². The summed E-state index contributed by atoms with van der Waals surface area (Å²) in [7, 11) is 1.68. The minimum absolute atomic E-state index is 0.130. The van der Waals surface area contributed by atoms with Crippen LogP contribution in [0, 0.1) is 17.3 Å². The summed E-state index contributed by atoms with van der Waals surface area (Å²) in [4.78, 5) is 0. The second kappa shape index (κ2) is 7.46. The van der Waals surface area contributed by atoms with Crippen molar-refractivity contribution in [2.75, 3.05) is 26.9 Å². The van der Waals surface area contributed by atoms with Crippen molar-refractivity contribution in [1.82, 2.24) is 0 Å². The quantitative estimate of drug-likeness (QED) is 0.745. The van der Waals surface area contributed by atoms with Gasteiger partial charge in [0.25, 0.3) is 0 Å². The molecule has 0 bridgehead atoms. The van der Waals surface area contributed by atoms with Gasteiger partial charge in [0.1, 0.15) is 0 Å². The van der Waals surface area contributed by atoms with Crippen LogP contribution < -0.4 is 0 Å². The molecule has 0 radical (unpaired) electrons. The van der Waals surface area contributed by atoms with E-state index in [0.717, 1.165) is 38.2 Å². The van der Waals surface area contributed by atoms with Gasteiger partial charge in [-0.15, -0.1) is 0 Å². The molecule has 3 atom stereocenters. The SMILES string of the molecule is COCCOCCC1CC(C(C)(C)C)CCC1O. The Hall–Kier alpha value is -0.120. The lowest BCUT2D eigenvalue weighted by molar-refractivity contribution is -0.00362. The first-order valence-electron chi connectivity index (χ1n) is 7.20. The van der Waals surface area contributed by atoms with E-state index in [-0.39, 0.29) is 6.10 Å². The smallest absolute Gasteiger partial charge is 0.0700 e. The average molecular weight is 258 g/mol. The Kier molecular flexibility index (Phi) is 6.61. The van der Waals surface area contributed by atoms with Crippen LogP contribution in [0.2, 0.25) is 0 Å². The molecule has 0 spiro atoms. The van der Waals surface area contributed by atoms with Gasteiger partial charge in [0, 0.05) is 13.7 Å². The average Bonchev–Trinajstić information content (AvgIpc) is 2.29. The molecule has 1 aliphatic rings. The van der Waals surface area contributed by atoms with E-state index in [0.29, 0.717) is 24.5 Å². The van der Waals surface area contributed by atoms with E-state index in [1.165, 1.54) is 0 Å². The number of methoxy groups -OCH3 is 1. The second-order valence-corrected chi connectivity index (χ2v) is 6.60. The summed E-state index contributed by atoms with van der Waals surface area (Å²) >= 11 is 0. The zero-order valence-electron chi connectivity index (χ0n) is 12.4. The summed E-state index contributed by atoms with van der Waals surface area (Å²) in [5.74, 6) is 1.13. The molecule has 1 saturated carbocycles. The van der Waals surface area contributed by atoms with Crippen LogP contribution in [0.25, 0.3) is 0 Å². The second-order valence-electron chi connectivity index (χ2n) is 6.60. The van der Waals surface area contributed by atoms with Crippen molar-refractivity contribution in [2.24, 2.45) is 17.3 Å². The minimum atomic E-state index is -0.130. The molecule has 0 amide bonds. The van der Waals surface area contributed by atoms with E-state index in [2.05, 4.69) is 20.8 Å². The molecular formula is C15H30O3. The third-order valence-corrected chi connectivity index (χ3v) is 4.23. The molecule has 1 N–H and O–H groups in total. The molecule has 108 valence electrons. The molecule has 0 aromatic carbocycles. The van der Waals surface area contributed by atoms with E-state index in [4.69, 9.17) is 9.47 Å². The van der Waals surface area contributed by atoms with E-state index in [9.17, 15) is 5.11 Å². The topological polar surface area (TPSA) is 38.7 Å². The lowest BCUT2D eigenvalue weighted by Crippen LogP contribution is -2.35. The first-order chi connectivity index (χ1) is 8.45. The maximum absolute atomic E-state index is 10.1. The molecule has 0 aromatic rings. The number of aliphatic hydroxyl groups is 1. The standard InChI is InChI=1S/C15H30O3/c1-15(2,3)13-5-6-14(16)12(11-13)7-8-18-10-9-17-4/h12-14,16H,5-11H2,1-4H3. The van der Waals surface area contributed by atoms with Crippen LogP contribution in [-0.2, 0) is 9.47 Å². The van der Waals surface area contributed by atoms with Crippen LogP contribution in [0.15, 0.2) is 0 Å². The van der Waals surface area contributed by atoms with Crippen molar-refractivity contribution in [2.45, 2.75) is 52.6 Å². The fourth-order valence-electron chi connectivity index (χ4n) is 2.82. The molecule has 18 heavy (non-hydrogen) atoms. The monoisotopic (exact) mass is 258 g/mol. The molecular weight excluding hydrogens is 228 g/mol. The lowest BCUT2D eigenvalue weighted by Gasteiger charge is -2.40. The molecule has 3 nitrogen and oxygen atoms in total. The highest BCUT2D eigenvalue weighted by Crippen LogP contribution is 2.41. The predicted octanol–water partition coefficient (Wildman–Crippen LogP) is 2.86. The molecule has 0 aliphatic heterocycles. The van der Waals surface area contributed by atoms with Gasteiger partial charge >= 0.3 is 0 Å². The summed E-state index contributed by atoms with van der Waals surface area (Å²) in [6.07, 6.45) is 4.08. The lowest BCUT2D eigenvalue weighted by atomic mass is 9.67. The fourth-order valence-corrected chi connectivity index (χ4v) is 2.82. The van der Waals surface area contributed by atoms with Crippen LogP contribution in [0.5, 0.6) is 0 Å². The van der Waals surface area contributed by atoms with Gasteiger partial charge in [-0.3, -0.25) is 0 Å². The predicted molar refractivity (Wildman–Crippen MR) is 73.6 cm³/mol. The number of aliphatic hydroxyl groups excluding tert-OH is 1. The summed E-state index contributed by atoms with van der Waals surface area (Å²) in [5.41, 5.74) is 0.356. The summed E-state index contributed by atoms with van der Waals surface area (Å²) in [6, 6.07) is 0. The molecule has 1 fully saturated rings. The summed E-state index contributed by atoms with van der Waals surface area (Å²) in [6.45, 7) is 8.96. The van der Waals surface area contributed by atoms with Crippen molar-refractivity contribution in [3.63, 3.8) is 0 Å². The highest BCUT2D eigenvalue weighted by Gasteiger charge is 2.34. The van der Waals surface area contributed by atoms with Crippen molar-refractivity contribution in [3.05, 3.63) is 0 Å². The number of hydrogen-bond acceptors (Lipinski definition) is 3. The normalized spacial score (nSPS) is 29.5. The van der Waals surface area contributed by atoms with Crippen molar-refractivity contribution in [3.8, 4) is 0 Å². The number of ether oxygens (including phenoxy) is 2. The molecule has 1 aliphatic carbocycles. The highest BCUT2D eigenvalue weighted by molar-refractivity contribution is 4.85. The molecule has 1 rings (SSSR count). The van der Waals surface area contributed by atoms with Crippen LogP contribution in [0.3, 0.4) is 0 Å². The largest absolute Gasteiger partial charge is 0.393 e. The number of rotatable bonds is 6. The molecule has 0 saturated heterocycles. The van der Waals surface area contributed by atoms with E-state index in [1.54, 1.807) is 7.11 Å². The van der Waals surface area contributed by atoms with Gasteiger partial charge in [-0.25, -0.2) is 0 Å². The zero-order valence-corrected chi connectivity index (χ0v) is 12.4. The highest BCUT2D eigenvalue weighted by atomic mass is 16.5. The van der Waals surface area contributed by atoms with E-state index in [1.807, 2.05) is 0 Å². The summed E-state index contributed by atoms with van der Waals surface area (Å²) in [5, 5.41) is 10.1. The van der Waals surface area contributed by atoms with Gasteiger partial charge in [-0.05, 0) is 42.9 Å². The van der Waals surface area contributed by atoms with Crippen LogP contribution in [0.1, 0.15) is 46.5 Å². The van der Waals surface area contributed by atoms with Crippen LogP contribution in [-0.4, -0.2) is 38.1 Å². The van der Waals surface area contributed by atoms with Gasteiger partial charge in [-0.2, -0.15) is 0 Å². The Morgan fingerprint density at radius 2 is 1.83 bits per heavy atom. The van der Waals surface area contributed by atoms with Gasteiger partial charge < -0.3 is 14.6 Å². The van der Waals surface area contributed by atoms with E-state index < -0.39 is 0 Å². The maximum atomic E-state index is 10.1. The third-order valence-electron chi connectivity index (χ3n) is 4.23. The Morgan fingerprint density at radius 3 is 2.44 bits per heavy atom. The first-order valence-corrected chi connectivity index (χ1v) is 7.20. The molecule has 3 unspecified atom stereocenters. The van der Waals surface area contributed by atoms with Gasteiger partial charge in [0.15, 0.2) is 0 Å². The Balaban J connectivity index is 2.29. The van der Waals surface area contributed by atoms with E-state index >= 15 is 0 Å². The maximum Gasteiger partial charge on any atom is 0.0700 e. The van der Waals surface area contributed by atoms with Crippen molar-refractivity contribution >= 4 is 0 Å². The first kappa shape index (κ1) is 15.9. The van der Waals surface area contributed by atoms with Crippen LogP contribution in [0.4, 0.5) is 0 Å². The molecule has 0 heterocycles. The Labute approximate surface area is 112 Å². The van der Waals surface area contributed by atoms with Gasteiger partial charge in [0.2, 0.25) is 0 Å². The minimum Gasteiger partial charge on any atom is -0.393 e. The third kappa shape index (κ3) is 5.25. The molecule has 0 aromatic heterocycles. The zero-order chi connectivity index (χ0) is 13.6. The van der Waals surface area contributed by atoms with Crippen molar-refractivity contribution < 1.29 is 14.6 Å². The van der Waals surface area contributed by atoms with Gasteiger partial charge in [0.05, 0.1) is 19.3 Å². The number of hydrogen-bond donors (Lipinski definition) is 1. The Bertz CT molecular complexity index is 222. The molecule has 3 heteroatoms.